The Balaban J connectivity index is 0.00000121. The molecule has 0 aliphatic rings. The van der Waals surface area contributed by atoms with Crippen LogP contribution in [0.5, 0.6) is 0 Å². The van der Waals surface area contributed by atoms with E-state index in [9.17, 15) is 0 Å². The van der Waals surface area contributed by atoms with E-state index in [-0.39, 0.29) is 21.1 Å². The number of hydrogen-bond donors (Lipinski definition) is 0. The van der Waals surface area contributed by atoms with Crippen molar-refractivity contribution in [2.75, 3.05) is 0 Å². The van der Waals surface area contributed by atoms with Gasteiger partial charge in [0.2, 0.25) is 0 Å². The van der Waals surface area contributed by atoms with Crippen molar-refractivity contribution in [3.8, 4) is 0 Å². The molecule has 0 radical (unpaired) electrons. The Hall–Kier alpha value is -0.0917. The third-order valence-corrected chi connectivity index (χ3v) is 1.94. The van der Waals surface area contributed by atoms with Crippen LogP contribution in [-0.2, 0) is 21.1 Å². The van der Waals surface area contributed by atoms with E-state index in [0.29, 0.717) is 11.8 Å². The maximum atomic E-state index is 4.08. The molecule has 1 atom stereocenters. The van der Waals surface area contributed by atoms with Gasteiger partial charge in [-0.25, -0.2) is 0 Å². The summed E-state index contributed by atoms with van der Waals surface area (Å²) in [4.78, 5) is 0. The summed E-state index contributed by atoms with van der Waals surface area (Å²) in [6.07, 6.45) is 0. The fourth-order valence-corrected chi connectivity index (χ4v) is 0.997. The summed E-state index contributed by atoms with van der Waals surface area (Å²) in [5.41, 5.74) is 1.21. The average Bonchev–Trinajstić information content (AvgIpc) is 2.05. The molecule has 0 saturated heterocycles. The second-order valence-corrected chi connectivity index (χ2v) is 3.17. The van der Waals surface area contributed by atoms with Gasteiger partial charge in [-0.15, -0.1) is 0 Å². The van der Waals surface area contributed by atoms with Crippen LogP contribution >= 0.6 is 0 Å². The molecular formula is C11H14W. The molecular weight excluding hydrogens is 316 g/mol. The molecule has 0 fully saturated rings. The normalized spacial score (nSPS) is 12.3. The van der Waals surface area contributed by atoms with E-state index >= 15 is 0 Å². The topological polar surface area (TPSA) is 0 Å². The molecule has 1 aromatic carbocycles. The van der Waals surface area contributed by atoms with Gasteiger partial charge in [-0.3, -0.25) is 0 Å². The molecule has 64 valence electrons. The maximum absolute atomic E-state index is 4.08. The summed E-state index contributed by atoms with van der Waals surface area (Å²) >= 11 is 0. The van der Waals surface area contributed by atoms with Gasteiger partial charge >= 0.3 is 21.1 Å². The molecule has 0 aliphatic carbocycles. The molecule has 0 N–H and O–H groups in total. The van der Waals surface area contributed by atoms with Crippen molar-refractivity contribution in [2.45, 2.75) is 19.8 Å². The van der Waals surface area contributed by atoms with Crippen molar-refractivity contribution < 1.29 is 21.1 Å². The predicted molar refractivity (Wildman–Crippen MR) is 48.2 cm³/mol. The third-order valence-electron chi connectivity index (χ3n) is 1.94. The first-order valence-corrected chi connectivity index (χ1v) is 4.01. The molecule has 0 nitrogen and oxygen atoms in total. The standard InChI is InChI=1S/C11H14.W/c1-9(2)10(3)11-7-5-4-6-8-11;/h4-7,9-10H,3H2,1-2H3;/q-2;+2. The zero-order valence-electron chi connectivity index (χ0n) is 7.58. The SMILES string of the molecule is [CH2-]C(c1[c-]cccc1)C(C)C.[W+2]. The Kier molecular flexibility index (Phi) is 5.49. The van der Waals surface area contributed by atoms with E-state index < -0.39 is 0 Å². The van der Waals surface area contributed by atoms with Crippen LogP contribution in [0.25, 0.3) is 0 Å². The van der Waals surface area contributed by atoms with Gasteiger partial charge in [-0.1, -0.05) is 19.8 Å². The van der Waals surface area contributed by atoms with E-state index in [0.717, 1.165) is 0 Å². The van der Waals surface area contributed by atoms with Crippen LogP contribution in [-0.4, -0.2) is 0 Å². The van der Waals surface area contributed by atoms with Crippen molar-refractivity contribution in [2.24, 2.45) is 5.92 Å². The third kappa shape index (κ3) is 3.11. The maximum Gasteiger partial charge on any atom is 2.00 e. The Morgan fingerprint density at radius 1 is 1.33 bits per heavy atom. The molecule has 1 aromatic rings. The van der Waals surface area contributed by atoms with Gasteiger partial charge in [-0.2, -0.15) is 41.8 Å². The molecule has 0 aliphatic heterocycles. The Morgan fingerprint density at radius 2 is 2.00 bits per heavy atom. The minimum atomic E-state index is 0. The van der Waals surface area contributed by atoms with Gasteiger partial charge in [0.1, 0.15) is 0 Å². The first kappa shape index (κ1) is 11.9. The first-order valence-electron chi connectivity index (χ1n) is 4.01. The van der Waals surface area contributed by atoms with Crippen LogP contribution in [0.15, 0.2) is 24.3 Å². The van der Waals surface area contributed by atoms with E-state index in [1.54, 1.807) is 0 Å². The molecule has 0 amide bonds. The largest absolute Gasteiger partial charge is 2.00 e. The zero-order valence-corrected chi connectivity index (χ0v) is 10.5. The summed E-state index contributed by atoms with van der Waals surface area (Å²) in [7, 11) is 0. The minimum Gasteiger partial charge on any atom is -0.338 e. The molecule has 12 heavy (non-hydrogen) atoms. The second-order valence-electron chi connectivity index (χ2n) is 3.17. The zero-order chi connectivity index (χ0) is 8.27. The summed E-state index contributed by atoms with van der Waals surface area (Å²) < 4.78 is 0. The van der Waals surface area contributed by atoms with E-state index in [2.05, 4.69) is 32.9 Å². The molecule has 0 aromatic heterocycles. The van der Waals surface area contributed by atoms with Crippen molar-refractivity contribution >= 4 is 0 Å². The van der Waals surface area contributed by atoms with Gasteiger partial charge < -0.3 is 6.92 Å². The van der Waals surface area contributed by atoms with Crippen LogP contribution in [0.4, 0.5) is 0 Å². The van der Waals surface area contributed by atoms with Crippen LogP contribution in [0.2, 0.25) is 0 Å². The van der Waals surface area contributed by atoms with Crippen molar-refractivity contribution in [1.29, 1.82) is 0 Å². The van der Waals surface area contributed by atoms with Gasteiger partial charge in [0.05, 0.1) is 0 Å². The van der Waals surface area contributed by atoms with Crippen molar-refractivity contribution in [3.05, 3.63) is 42.8 Å². The van der Waals surface area contributed by atoms with Crippen molar-refractivity contribution in [3.63, 3.8) is 0 Å². The molecule has 1 unspecified atom stereocenters. The number of benzene rings is 1. The molecule has 1 rings (SSSR count). The van der Waals surface area contributed by atoms with Crippen LogP contribution < -0.4 is 0 Å². The average molecular weight is 330 g/mol. The van der Waals surface area contributed by atoms with Gasteiger partial charge in [0.25, 0.3) is 0 Å². The fourth-order valence-electron chi connectivity index (χ4n) is 0.997. The smallest absolute Gasteiger partial charge is 0.338 e. The summed E-state index contributed by atoms with van der Waals surface area (Å²) in [6, 6.07) is 11.2. The molecule has 1 heteroatoms. The predicted octanol–water partition coefficient (Wildman–Crippen LogP) is 3.06. The van der Waals surface area contributed by atoms with Crippen LogP contribution in [0, 0.1) is 18.9 Å². The quantitative estimate of drug-likeness (QED) is 0.731. The van der Waals surface area contributed by atoms with Gasteiger partial charge in [0.15, 0.2) is 0 Å². The Labute approximate surface area is 89.6 Å². The fraction of sp³-hybridized carbons (Fsp3) is 0.364. The molecule has 0 saturated carbocycles. The second kappa shape index (κ2) is 5.54. The first-order chi connectivity index (χ1) is 5.22. The summed E-state index contributed by atoms with van der Waals surface area (Å²) in [6.45, 7) is 8.43. The minimum absolute atomic E-state index is 0. The van der Waals surface area contributed by atoms with Crippen molar-refractivity contribution in [1.82, 2.24) is 0 Å². The monoisotopic (exact) mass is 330 g/mol. The van der Waals surface area contributed by atoms with Crippen LogP contribution in [0.1, 0.15) is 25.3 Å². The van der Waals surface area contributed by atoms with E-state index in [1.807, 2.05) is 18.2 Å². The van der Waals surface area contributed by atoms with Crippen LogP contribution in [0.3, 0.4) is 0 Å². The van der Waals surface area contributed by atoms with E-state index in [4.69, 9.17) is 0 Å². The number of hydrogen-bond acceptors (Lipinski definition) is 0. The molecule has 0 heterocycles. The van der Waals surface area contributed by atoms with Gasteiger partial charge in [0, 0.05) is 0 Å². The van der Waals surface area contributed by atoms with Gasteiger partial charge in [-0.05, 0) is 0 Å². The summed E-state index contributed by atoms with van der Waals surface area (Å²) in [5.74, 6) is 0.963. The summed E-state index contributed by atoms with van der Waals surface area (Å²) in [5, 5.41) is 0. The Morgan fingerprint density at radius 3 is 2.42 bits per heavy atom. The molecule has 0 spiro atoms. The Bertz CT molecular complexity index is 204. The molecule has 0 bridgehead atoms. The number of rotatable bonds is 2. The van der Waals surface area contributed by atoms with E-state index in [1.165, 1.54) is 5.56 Å².